The summed E-state index contributed by atoms with van der Waals surface area (Å²) in [6.45, 7) is 0.198. The second-order valence-electron chi connectivity index (χ2n) is 8.67. The Morgan fingerprint density at radius 2 is 1.89 bits per heavy atom. The zero-order valence-corrected chi connectivity index (χ0v) is 20.0. The molecule has 11 nitrogen and oxygen atoms in total. The number of hydrogen-bond donors (Lipinski definition) is 6. The molecule has 4 atom stereocenters. The van der Waals surface area contributed by atoms with Crippen molar-refractivity contribution in [2.24, 2.45) is 15.9 Å². The summed E-state index contributed by atoms with van der Waals surface area (Å²) in [4.78, 5) is 15.4. The molecular formula is C25H34N4O7. The standard InChI is InChI=1S/C25H34N4O7/c26-28-20(14-27-10-4-2-1-3-5-23(32)29-34)18-7-6-17-12-19(9-8-16(17)11-18)35-24-13-21(31)25(33)22(15-30)36-24/h6-9,11-12,14,21-22,24-25,30-31,33-34H,1-5,10,13,15,26H2,(H,29,32)/t21-,22-,24+,25+/m1/s1. The SMILES string of the molecule is NN=C(C=NCCCCCCC(=O)NO)c1ccc2cc(O[C@@H]3C[C@@H](O)[C@H](O)[C@@H](CO)O3)ccc2c1. The minimum atomic E-state index is -1.15. The average Bonchev–Trinajstić information content (AvgIpc) is 2.89. The van der Waals surface area contributed by atoms with Crippen LogP contribution in [0.5, 0.6) is 5.75 Å². The number of carbonyl (C=O) groups excluding carboxylic acids is 1. The number of aliphatic hydroxyl groups excluding tert-OH is 3. The molecule has 3 rings (SSSR count). The van der Waals surface area contributed by atoms with E-state index in [1.807, 2.05) is 30.3 Å². The van der Waals surface area contributed by atoms with E-state index >= 15 is 0 Å². The summed E-state index contributed by atoms with van der Waals surface area (Å²) in [7, 11) is 0. The number of nitrogens with one attached hydrogen (secondary N) is 1. The number of benzene rings is 2. The van der Waals surface area contributed by atoms with Gasteiger partial charge in [-0.1, -0.05) is 31.0 Å². The van der Waals surface area contributed by atoms with Crippen molar-refractivity contribution < 1.29 is 34.8 Å². The Bertz CT molecular complexity index is 1060. The second kappa shape index (κ2) is 13.9. The molecule has 0 aromatic heterocycles. The molecule has 1 fully saturated rings. The van der Waals surface area contributed by atoms with E-state index < -0.39 is 31.2 Å². The summed E-state index contributed by atoms with van der Waals surface area (Å²) in [6.07, 6.45) is 1.56. The van der Waals surface area contributed by atoms with Gasteiger partial charge in [0.05, 0.1) is 12.7 Å². The fourth-order valence-corrected chi connectivity index (χ4v) is 3.98. The largest absolute Gasteiger partial charge is 0.465 e. The van der Waals surface area contributed by atoms with Gasteiger partial charge >= 0.3 is 0 Å². The fourth-order valence-electron chi connectivity index (χ4n) is 3.98. The molecule has 0 spiro atoms. The van der Waals surface area contributed by atoms with Crippen LogP contribution in [0.3, 0.4) is 0 Å². The zero-order chi connectivity index (χ0) is 25.9. The number of amides is 1. The van der Waals surface area contributed by atoms with Crippen molar-refractivity contribution in [3.63, 3.8) is 0 Å². The van der Waals surface area contributed by atoms with Gasteiger partial charge in [-0.25, -0.2) is 5.48 Å². The fraction of sp³-hybridized carbons (Fsp3) is 0.480. The molecule has 0 radical (unpaired) electrons. The van der Waals surface area contributed by atoms with E-state index in [4.69, 9.17) is 20.5 Å². The molecule has 11 heteroatoms. The zero-order valence-electron chi connectivity index (χ0n) is 20.0. The molecule has 2 aromatic carbocycles. The Morgan fingerprint density at radius 3 is 2.64 bits per heavy atom. The minimum Gasteiger partial charge on any atom is -0.465 e. The molecule has 1 aliphatic rings. The number of fused-ring (bicyclic) bond motifs is 1. The average molecular weight is 503 g/mol. The Labute approximate surface area is 209 Å². The molecule has 1 aliphatic heterocycles. The van der Waals surface area contributed by atoms with Crippen LogP contribution in [0.25, 0.3) is 10.8 Å². The minimum absolute atomic E-state index is 0.0885. The van der Waals surface area contributed by atoms with Crippen LogP contribution in [0, 0.1) is 0 Å². The van der Waals surface area contributed by atoms with Crippen molar-refractivity contribution >= 4 is 28.6 Å². The number of nitrogens with zero attached hydrogens (tertiary/aromatic N) is 2. The molecule has 196 valence electrons. The Hall–Kier alpha value is -3.09. The van der Waals surface area contributed by atoms with Gasteiger partial charge in [-0.3, -0.25) is 15.0 Å². The molecule has 1 saturated heterocycles. The normalized spacial score (nSPS) is 22.7. The monoisotopic (exact) mass is 502 g/mol. The highest BCUT2D eigenvalue weighted by Gasteiger charge is 2.37. The van der Waals surface area contributed by atoms with Gasteiger partial charge in [0.1, 0.15) is 23.7 Å². The first-order valence-electron chi connectivity index (χ1n) is 12.0. The van der Waals surface area contributed by atoms with Gasteiger partial charge in [-0.15, -0.1) is 0 Å². The summed E-state index contributed by atoms with van der Waals surface area (Å²) in [6, 6.07) is 11.2. The Morgan fingerprint density at radius 1 is 1.14 bits per heavy atom. The maximum atomic E-state index is 11.0. The molecule has 7 N–H and O–H groups in total. The first kappa shape index (κ1) is 27.5. The predicted molar refractivity (Wildman–Crippen MR) is 134 cm³/mol. The van der Waals surface area contributed by atoms with Crippen LogP contribution < -0.4 is 16.1 Å². The molecule has 0 saturated carbocycles. The number of unbranched alkanes of at least 4 members (excludes halogenated alkanes) is 3. The summed E-state index contributed by atoms with van der Waals surface area (Å²) >= 11 is 0. The van der Waals surface area contributed by atoms with Crippen molar-refractivity contribution in [1.29, 1.82) is 0 Å². The summed E-state index contributed by atoms with van der Waals surface area (Å²) in [5.41, 5.74) is 2.99. The number of aliphatic hydroxyl groups is 3. The highest BCUT2D eigenvalue weighted by molar-refractivity contribution is 6.38. The van der Waals surface area contributed by atoms with Crippen molar-refractivity contribution in [1.82, 2.24) is 5.48 Å². The highest BCUT2D eigenvalue weighted by Crippen LogP contribution is 2.27. The molecular weight excluding hydrogens is 468 g/mol. The van der Waals surface area contributed by atoms with Crippen LogP contribution >= 0.6 is 0 Å². The van der Waals surface area contributed by atoms with E-state index in [1.165, 1.54) is 0 Å². The molecule has 0 unspecified atom stereocenters. The third-order valence-electron chi connectivity index (χ3n) is 6.01. The van der Waals surface area contributed by atoms with Crippen LogP contribution in [-0.4, -0.2) is 76.1 Å². The predicted octanol–water partition coefficient (Wildman–Crippen LogP) is 1.24. The molecule has 1 heterocycles. The lowest BCUT2D eigenvalue weighted by molar-refractivity contribution is -0.229. The van der Waals surface area contributed by atoms with Crippen LogP contribution in [0.15, 0.2) is 46.5 Å². The Balaban J connectivity index is 1.54. The van der Waals surface area contributed by atoms with E-state index in [-0.39, 0.29) is 12.3 Å². The molecule has 1 amide bonds. The van der Waals surface area contributed by atoms with E-state index in [9.17, 15) is 20.1 Å². The lowest BCUT2D eigenvalue weighted by Gasteiger charge is -2.36. The number of hydroxylamine groups is 1. The Kier molecular flexibility index (Phi) is 10.6. The van der Waals surface area contributed by atoms with Gasteiger partial charge in [-0.05, 0) is 41.8 Å². The number of hydrogen-bond acceptors (Lipinski definition) is 10. The van der Waals surface area contributed by atoms with Crippen LogP contribution in [0.1, 0.15) is 44.1 Å². The van der Waals surface area contributed by atoms with Crippen LogP contribution in [0.4, 0.5) is 0 Å². The van der Waals surface area contributed by atoms with E-state index in [1.54, 1.807) is 17.8 Å². The molecule has 0 aliphatic carbocycles. The molecule has 0 bridgehead atoms. The maximum Gasteiger partial charge on any atom is 0.243 e. The number of carbonyl (C=O) groups is 1. The number of hydrazone groups is 1. The number of aliphatic imine (C=N–C) groups is 1. The second-order valence-corrected chi connectivity index (χ2v) is 8.67. The van der Waals surface area contributed by atoms with Gasteiger partial charge in [0, 0.05) is 31.2 Å². The van der Waals surface area contributed by atoms with Crippen LogP contribution in [0.2, 0.25) is 0 Å². The van der Waals surface area contributed by atoms with Gasteiger partial charge < -0.3 is 30.6 Å². The lowest BCUT2D eigenvalue weighted by Crippen LogP contribution is -2.51. The third-order valence-corrected chi connectivity index (χ3v) is 6.01. The smallest absolute Gasteiger partial charge is 0.243 e. The maximum absolute atomic E-state index is 11.0. The summed E-state index contributed by atoms with van der Waals surface area (Å²) < 4.78 is 11.4. The first-order chi connectivity index (χ1) is 17.4. The van der Waals surface area contributed by atoms with Crippen molar-refractivity contribution in [2.45, 2.75) is 63.1 Å². The first-order valence-corrected chi connectivity index (χ1v) is 12.0. The summed E-state index contributed by atoms with van der Waals surface area (Å²) in [5, 5.41) is 43.3. The lowest BCUT2D eigenvalue weighted by atomic mass is 10.0. The van der Waals surface area contributed by atoms with Crippen molar-refractivity contribution in [2.75, 3.05) is 13.2 Å². The van der Waals surface area contributed by atoms with E-state index in [2.05, 4.69) is 10.1 Å². The van der Waals surface area contributed by atoms with E-state index in [0.717, 1.165) is 42.0 Å². The van der Waals surface area contributed by atoms with Gasteiger partial charge in [-0.2, -0.15) is 5.10 Å². The van der Waals surface area contributed by atoms with Crippen molar-refractivity contribution in [3.05, 3.63) is 42.0 Å². The van der Waals surface area contributed by atoms with Crippen molar-refractivity contribution in [3.8, 4) is 5.75 Å². The number of rotatable bonds is 12. The van der Waals surface area contributed by atoms with Gasteiger partial charge in [0.15, 0.2) is 0 Å². The van der Waals surface area contributed by atoms with Gasteiger partial charge in [0.2, 0.25) is 12.2 Å². The summed E-state index contributed by atoms with van der Waals surface area (Å²) in [5.74, 6) is 5.76. The van der Waals surface area contributed by atoms with E-state index in [0.29, 0.717) is 24.4 Å². The molecule has 2 aromatic rings. The number of ether oxygens (including phenoxy) is 2. The van der Waals surface area contributed by atoms with Crippen LogP contribution in [-0.2, 0) is 9.53 Å². The topological polar surface area (TPSA) is 179 Å². The number of nitrogens with two attached hydrogens (primary N) is 1. The van der Waals surface area contributed by atoms with Gasteiger partial charge in [0.25, 0.3) is 0 Å². The third kappa shape index (κ3) is 7.70. The quantitative estimate of drug-likeness (QED) is 0.0824. The highest BCUT2D eigenvalue weighted by atomic mass is 16.7. The molecule has 36 heavy (non-hydrogen) atoms.